The quantitative estimate of drug-likeness (QED) is 0.785. The van der Waals surface area contributed by atoms with Crippen LogP contribution < -0.4 is 9.47 Å². The second-order valence-electron chi connectivity index (χ2n) is 4.37. The maximum atomic E-state index is 13.0. The Morgan fingerprint density at radius 2 is 1.76 bits per heavy atom. The number of Topliss-reactive ketones (excluding diaryl/α,β-unsaturated/α-hetero) is 1. The van der Waals surface area contributed by atoms with Gasteiger partial charge in [-0.25, -0.2) is 4.39 Å². The average molecular weight is 309 g/mol. The molecule has 0 saturated carbocycles. The Labute approximate surface area is 127 Å². The van der Waals surface area contributed by atoms with Gasteiger partial charge in [-0.15, -0.1) is 0 Å². The van der Waals surface area contributed by atoms with E-state index in [2.05, 4.69) is 0 Å². The van der Waals surface area contributed by atoms with Crippen molar-refractivity contribution in [3.8, 4) is 11.5 Å². The van der Waals surface area contributed by atoms with Gasteiger partial charge in [-0.3, -0.25) is 4.79 Å². The Balaban J connectivity index is 2.36. The van der Waals surface area contributed by atoms with Crippen LogP contribution in [0.15, 0.2) is 36.4 Å². The van der Waals surface area contributed by atoms with Gasteiger partial charge in [-0.2, -0.15) is 0 Å². The van der Waals surface area contributed by atoms with Gasteiger partial charge >= 0.3 is 0 Å². The maximum absolute atomic E-state index is 13.0. The molecule has 0 bridgehead atoms. The normalized spacial score (nSPS) is 10.3. The maximum Gasteiger partial charge on any atom is 0.174 e. The van der Waals surface area contributed by atoms with Crippen LogP contribution in [0.3, 0.4) is 0 Å². The molecule has 2 aromatic carbocycles. The lowest BCUT2D eigenvalue weighted by Gasteiger charge is -2.12. The van der Waals surface area contributed by atoms with Crippen LogP contribution in [-0.2, 0) is 6.42 Å². The zero-order chi connectivity index (χ0) is 15.4. The Hall–Kier alpha value is -2.07. The molecule has 0 aliphatic rings. The molecule has 2 aromatic rings. The van der Waals surface area contributed by atoms with Crippen molar-refractivity contribution in [1.82, 2.24) is 0 Å². The van der Waals surface area contributed by atoms with Crippen LogP contribution in [0, 0.1) is 5.82 Å². The van der Waals surface area contributed by atoms with Crippen LogP contribution >= 0.6 is 11.6 Å². The van der Waals surface area contributed by atoms with Gasteiger partial charge in [-0.1, -0.05) is 23.7 Å². The number of rotatable bonds is 5. The standard InChI is InChI=1S/C16H14ClFO3/c1-20-14-4-3-5-15(21-2)16(14)13(19)8-10-6-7-11(18)9-12(10)17/h3-7,9H,8H2,1-2H3. The van der Waals surface area contributed by atoms with E-state index in [4.69, 9.17) is 21.1 Å². The summed E-state index contributed by atoms with van der Waals surface area (Å²) in [7, 11) is 2.97. The fourth-order valence-corrected chi connectivity index (χ4v) is 2.29. The third-order valence-corrected chi connectivity index (χ3v) is 3.42. The minimum Gasteiger partial charge on any atom is -0.496 e. The first kappa shape index (κ1) is 15.3. The zero-order valence-electron chi connectivity index (χ0n) is 11.7. The summed E-state index contributed by atoms with van der Waals surface area (Å²) in [4.78, 5) is 12.5. The molecule has 0 unspecified atom stereocenters. The van der Waals surface area contributed by atoms with E-state index in [0.29, 0.717) is 22.6 Å². The molecule has 0 aliphatic carbocycles. The Morgan fingerprint density at radius 3 is 2.29 bits per heavy atom. The van der Waals surface area contributed by atoms with E-state index < -0.39 is 5.82 Å². The number of halogens is 2. The highest BCUT2D eigenvalue weighted by Crippen LogP contribution is 2.30. The lowest BCUT2D eigenvalue weighted by molar-refractivity contribution is 0.0987. The monoisotopic (exact) mass is 308 g/mol. The van der Waals surface area contributed by atoms with Crippen molar-refractivity contribution in [2.24, 2.45) is 0 Å². The zero-order valence-corrected chi connectivity index (χ0v) is 12.4. The molecular weight excluding hydrogens is 295 g/mol. The third kappa shape index (κ3) is 3.34. The van der Waals surface area contributed by atoms with Crippen molar-refractivity contribution in [3.05, 3.63) is 58.4 Å². The molecule has 21 heavy (non-hydrogen) atoms. The molecule has 0 fully saturated rings. The molecule has 0 radical (unpaired) electrons. The predicted octanol–water partition coefficient (Wildman–Crippen LogP) is 3.92. The fraction of sp³-hybridized carbons (Fsp3) is 0.188. The molecular formula is C16H14ClFO3. The number of benzene rings is 2. The lowest BCUT2D eigenvalue weighted by Crippen LogP contribution is -2.08. The molecule has 0 aromatic heterocycles. The first-order valence-corrected chi connectivity index (χ1v) is 6.62. The van der Waals surface area contributed by atoms with Gasteiger partial charge in [0.05, 0.1) is 14.2 Å². The minimum atomic E-state index is -0.439. The number of ketones is 1. The van der Waals surface area contributed by atoms with Crippen LogP contribution in [0.4, 0.5) is 4.39 Å². The van der Waals surface area contributed by atoms with Gasteiger partial charge in [0.1, 0.15) is 22.9 Å². The number of carbonyl (C=O) groups excluding carboxylic acids is 1. The summed E-state index contributed by atoms with van der Waals surface area (Å²) in [5.41, 5.74) is 0.902. The van der Waals surface area contributed by atoms with Crippen molar-refractivity contribution in [2.45, 2.75) is 6.42 Å². The number of carbonyl (C=O) groups is 1. The van der Waals surface area contributed by atoms with Gasteiger partial charge in [0.15, 0.2) is 5.78 Å². The van der Waals surface area contributed by atoms with E-state index in [-0.39, 0.29) is 17.2 Å². The average Bonchev–Trinajstić information content (AvgIpc) is 2.49. The van der Waals surface area contributed by atoms with Gasteiger partial charge in [-0.05, 0) is 29.8 Å². The first-order chi connectivity index (χ1) is 10.1. The van der Waals surface area contributed by atoms with Crippen molar-refractivity contribution in [1.29, 1.82) is 0 Å². The minimum absolute atomic E-state index is 0.0375. The summed E-state index contributed by atoms with van der Waals surface area (Å²) in [5, 5.41) is 0.220. The SMILES string of the molecule is COc1cccc(OC)c1C(=O)Cc1ccc(F)cc1Cl. The molecule has 2 rings (SSSR count). The van der Waals surface area contributed by atoms with E-state index in [1.807, 2.05) is 0 Å². The molecule has 0 atom stereocenters. The van der Waals surface area contributed by atoms with Crippen LogP contribution in [0.2, 0.25) is 5.02 Å². The second kappa shape index (κ2) is 6.59. The first-order valence-electron chi connectivity index (χ1n) is 6.25. The van der Waals surface area contributed by atoms with E-state index in [1.54, 1.807) is 18.2 Å². The summed E-state index contributed by atoms with van der Waals surface area (Å²) < 4.78 is 23.4. The van der Waals surface area contributed by atoms with Crippen molar-refractivity contribution < 1.29 is 18.7 Å². The molecule has 0 amide bonds. The Morgan fingerprint density at radius 1 is 1.14 bits per heavy atom. The van der Waals surface area contributed by atoms with Crippen LogP contribution in [0.25, 0.3) is 0 Å². The highest BCUT2D eigenvalue weighted by Gasteiger charge is 2.19. The summed E-state index contributed by atoms with van der Waals surface area (Å²) in [6.45, 7) is 0. The Kier molecular flexibility index (Phi) is 4.81. The summed E-state index contributed by atoms with van der Waals surface area (Å²) in [6, 6.07) is 9.05. The highest BCUT2D eigenvalue weighted by atomic mass is 35.5. The van der Waals surface area contributed by atoms with Gasteiger partial charge in [0.2, 0.25) is 0 Å². The van der Waals surface area contributed by atoms with Crippen molar-refractivity contribution in [2.75, 3.05) is 14.2 Å². The predicted molar refractivity (Wildman–Crippen MR) is 79.0 cm³/mol. The van der Waals surface area contributed by atoms with Crippen molar-refractivity contribution >= 4 is 17.4 Å². The van der Waals surface area contributed by atoms with E-state index in [9.17, 15) is 9.18 Å². The van der Waals surface area contributed by atoms with Gasteiger partial charge < -0.3 is 9.47 Å². The van der Waals surface area contributed by atoms with E-state index >= 15 is 0 Å². The summed E-state index contributed by atoms with van der Waals surface area (Å²) >= 11 is 5.95. The van der Waals surface area contributed by atoms with Crippen LogP contribution in [0.1, 0.15) is 15.9 Å². The smallest absolute Gasteiger partial charge is 0.174 e. The number of ether oxygens (including phenoxy) is 2. The van der Waals surface area contributed by atoms with Crippen molar-refractivity contribution in [3.63, 3.8) is 0 Å². The van der Waals surface area contributed by atoms with E-state index in [1.165, 1.54) is 32.4 Å². The Bertz CT molecular complexity index is 648. The lowest BCUT2D eigenvalue weighted by atomic mass is 10.0. The molecule has 0 N–H and O–H groups in total. The summed E-state index contributed by atoms with van der Waals surface area (Å²) in [6.07, 6.45) is 0.0375. The number of hydrogen-bond donors (Lipinski definition) is 0. The molecule has 0 saturated heterocycles. The number of methoxy groups -OCH3 is 2. The van der Waals surface area contributed by atoms with Gasteiger partial charge in [0.25, 0.3) is 0 Å². The molecule has 0 heterocycles. The summed E-state index contributed by atoms with van der Waals surface area (Å²) in [5.74, 6) is 0.207. The van der Waals surface area contributed by atoms with E-state index in [0.717, 1.165) is 0 Å². The van der Waals surface area contributed by atoms with Crippen LogP contribution in [0.5, 0.6) is 11.5 Å². The topological polar surface area (TPSA) is 35.5 Å². The highest BCUT2D eigenvalue weighted by molar-refractivity contribution is 6.31. The molecule has 0 aliphatic heterocycles. The third-order valence-electron chi connectivity index (χ3n) is 3.07. The second-order valence-corrected chi connectivity index (χ2v) is 4.78. The van der Waals surface area contributed by atoms with Crippen LogP contribution in [-0.4, -0.2) is 20.0 Å². The molecule has 0 spiro atoms. The largest absolute Gasteiger partial charge is 0.496 e. The molecule has 5 heteroatoms. The van der Waals surface area contributed by atoms with Gasteiger partial charge in [0, 0.05) is 11.4 Å². The number of hydrogen-bond acceptors (Lipinski definition) is 3. The molecule has 3 nitrogen and oxygen atoms in total. The fourth-order valence-electron chi connectivity index (χ4n) is 2.05. The molecule has 110 valence electrons.